The average Bonchev–Trinajstić information content (AvgIpc) is 3.10. The predicted octanol–water partition coefficient (Wildman–Crippen LogP) is 3.02. The predicted molar refractivity (Wildman–Crippen MR) is 130 cm³/mol. The zero-order valence-electron chi connectivity index (χ0n) is 19.2. The van der Waals surface area contributed by atoms with E-state index >= 15 is 0 Å². The molecule has 1 aliphatic carbocycles. The zero-order valence-corrected chi connectivity index (χ0v) is 19.2. The first-order chi connectivity index (χ1) is 16.0. The Labute approximate surface area is 191 Å². The molecule has 1 saturated carbocycles. The van der Waals surface area contributed by atoms with Crippen LogP contribution < -0.4 is 16.3 Å². The second-order valence-corrected chi connectivity index (χ2v) is 8.50. The molecule has 9 heteroatoms. The van der Waals surface area contributed by atoms with Crippen LogP contribution in [0.5, 0.6) is 0 Å². The van der Waals surface area contributed by atoms with Gasteiger partial charge in [-0.05, 0) is 37.1 Å². The lowest BCUT2D eigenvalue weighted by Gasteiger charge is -2.23. The molecule has 172 valence electrons. The van der Waals surface area contributed by atoms with Crippen molar-refractivity contribution in [1.82, 2.24) is 24.1 Å². The molecule has 4 aromatic heterocycles. The van der Waals surface area contributed by atoms with E-state index < -0.39 is 0 Å². The Morgan fingerprint density at radius 3 is 2.42 bits per heavy atom. The van der Waals surface area contributed by atoms with Crippen LogP contribution in [0.15, 0.2) is 41.5 Å². The van der Waals surface area contributed by atoms with Gasteiger partial charge in [-0.15, -0.1) is 0 Å². The van der Waals surface area contributed by atoms with E-state index in [0.29, 0.717) is 0 Å². The minimum Gasteiger partial charge on any atom is -0.372 e. The third-order valence-electron chi connectivity index (χ3n) is 6.20. The molecule has 4 aromatic rings. The lowest BCUT2D eigenvalue weighted by Crippen LogP contribution is -2.27. The smallest absolute Gasteiger partial charge is 0.329 e. The van der Waals surface area contributed by atoms with E-state index in [2.05, 4.69) is 15.7 Å². The van der Waals surface area contributed by atoms with Crippen LogP contribution in [0.1, 0.15) is 38.1 Å². The SMILES string of the molecule is CN(C)c1ccc(-c2ccc3ncc4c(c3n2)n(C2CCCCC2)c(=O)n4C)cn1.NC=O. The molecule has 0 saturated heterocycles. The number of carbonyl (C=O) groups excluding carboxylic acids is 1. The van der Waals surface area contributed by atoms with Gasteiger partial charge in [0.05, 0.1) is 28.4 Å². The van der Waals surface area contributed by atoms with Gasteiger partial charge in [0, 0.05) is 38.9 Å². The van der Waals surface area contributed by atoms with E-state index in [4.69, 9.17) is 9.78 Å². The summed E-state index contributed by atoms with van der Waals surface area (Å²) in [6.45, 7) is 0. The highest BCUT2D eigenvalue weighted by Crippen LogP contribution is 2.32. The molecule has 1 amide bonds. The van der Waals surface area contributed by atoms with Gasteiger partial charge in [-0.25, -0.2) is 14.8 Å². The molecule has 1 aliphatic rings. The normalized spacial score (nSPS) is 14.2. The van der Waals surface area contributed by atoms with Crippen molar-refractivity contribution in [2.24, 2.45) is 12.8 Å². The second-order valence-electron chi connectivity index (χ2n) is 8.50. The largest absolute Gasteiger partial charge is 0.372 e. The third-order valence-corrected chi connectivity index (χ3v) is 6.20. The summed E-state index contributed by atoms with van der Waals surface area (Å²) < 4.78 is 3.68. The number of primary amides is 1. The molecule has 0 unspecified atom stereocenters. The van der Waals surface area contributed by atoms with Gasteiger partial charge in [-0.1, -0.05) is 19.3 Å². The van der Waals surface area contributed by atoms with Gasteiger partial charge < -0.3 is 10.6 Å². The van der Waals surface area contributed by atoms with E-state index in [9.17, 15) is 4.79 Å². The highest BCUT2D eigenvalue weighted by Gasteiger charge is 2.23. The topological polar surface area (TPSA) is 112 Å². The number of nitrogens with zero attached hydrogens (tertiary/aromatic N) is 6. The lowest BCUT2D eigenvalue weighted by molar-refractivity contribution is -0.106. The van der Waals surface area contributed by atoms with Crippen molar-refractivity contribution in [2.75, 3.05) is 19.0 Å². The van der Waals surface area contributed by atoms with E-state index in [1.165, 1.54) is 19.3 Å². The maximum absolute atomic E-state index is 13.1. The van der Waals surface area contributed by atoms with Crippen LogP contribution in [0.4, 0.5) is 5.82 Å². The molecule has 0 radical (unpaired) electrons. The number of aryl methyl sites for hydroxylation is 1. The number of hydrogen-bond donors (Lipinski definition) is 1. The second kappa shape index (κ2) is 9.40. The van der Waals surface area contributed by atoms with Crippen LogP contribution in [0.25, 0.3) is 33.3 Å². The monoisotopic (exact) mass is 447 g/mol. The van der Waals surface area contributed by atoms with Gasteiger partial charge in [0.2, 0.25) is 6.41 Å². The fraction of sp³-hybridized carbons (Fsp3) is 0.375. The Hall–Kier alpha value is -3.75. The molecule has 0 spiro atoms. The van der Waals surface area contributed by atoms with Gasteiger partial charge in [0.15, 0.2) is 0 Å². The standard InChI is InChI=1S/C23H26N6O.CH3NO/c1-27(2)20-12-9-15(13-25-20)17-10-11-18-21(26-17)22-19(14-24-18)28(3)23(30)29(22)16-7-5-4-6-8-16;2-1-3/h9-14,16H,4-8H2,1-3H3;1H,(H2,2,3). The van der Waals surface area contributed by atoms with Crippen LogP contribution in [0, 0.1) is 0 Å². The molecule has 5 rings (SSSR count). The van der Waals surface area contributed by atoms with E-state index in [1.54, 1.807) is 10.8 Å². The summed E-state index contributed by atoms with van der Waals surface area (Å²) in [5.74, 6) is 0.901. The molecular weight excluding hydrogens is 418 g/mol. The summed E-state index contributed by atoms with van der Waals surface area (Å²) in [6.07, 6.45) is 9.55. The van der Waals surface area contributed by atoms with Gasteiger partial charge in [0.1, 0.15) is 11.3 Å². The van der Waals surface area contributed by atoms with Crippen molar-refractivity contribution in [2.45, 2.75) is 38.1 Å². The van der Waals surface area contributed by atoms with Gasteiger partial charge in [-0.2, -0.15) is 0 Å². The molecule has 0 atom stereocenters. The van der Waals surface area contributed by atoms with Crippen molar-refractivity contribution >= 4 is 34.3 Å². The summed E-state index contributed by atoms with van der Waals surface area (Å²) >= 11 is 0. The number of pyridine rings is 3. The number of nitrogens with two attached hydrogens (primary N) is 1. The van der Waals surface area contributed by atoms with Crippen LogP contribution in [0.3, 0.4) is 0 Å². The van der Waals surface area contributed by atoms with Crippen LogP contribution >= 0.6 is 0 Å². The molecule has 0 aromatic carbocycles. The molecule has 2 N–H and O–H groups in total. The molecule has 0 bridgehead atoms. The molecule has 33 heavy (non-hydrogen) atoms. The number of fused-ring (bicyclic) bond motifs is 3. The summed E-state index contributed by atoms with van der Waals surface area (Å²) in [6, 6.07) is 8.20. The Morgan fingerprint density at radius 2 is 1.79 bits per heavy atom. The third kappa shape index (κ3) is 4.18. The maximum Gasteiger partial charge on any atom is 0.329 e. The fourth-order valence-corrected chi connectivity index (χ4v) is 4.53. The minimum atomic E-state index is 0.0235. The van der Waals surface area contributed by atoms with Crippen molar-refractivity contribution in [1.29, 1.82) is 0 Å². The molecule has 4 heterocycles. The molecule has 9 nitrogen and oxygen atoms in total. The average molecular weight is 448 g/mol. The van der Waals surface area contributed by atoms with Crippen molar-refractivity contribution in [3.63, 3.8) is 0 Å². The van der Waals surface area contributed by atoms with Gasteiger partial charge in [-0.3, -0.25) is 18.9 Å². The van der Waals surface area contributed by atoms with Crippen molar-refractivity contribution in [3.05, 3.63) is 47.1 Å². The number of aromatic nitrogens is 5. The first-order valence-corrected chi connectivity index (χ1v) is 11.1. The summed E-state index contributed by atoms with van der Waals surface area (Å²) in [5.41, 5.74) is 9.30. The number of anilines is 1. The molecule has 1 fully saturated rings. The van der Waals surface area contributed by atoms with E-state index in [0.717, 1.165) is 52.0 Å². The molecule has 0 aliphatic heterocycles. The van der Waals surface area contributed by atoms with E-state index in [-0.39, 0.29) is 18.1 Å². The number of imidazole rings is 1. The summed E-state index contributed by atoms with van der Waals surface area (Å²) in [5, 5.41) is 0. The highest BCUT2D eigenvalue weighted by molar-refractivity contribution is 6.00. The number of rotatable bonds is 3. The number of carbonyl (C=O) groups is 1. The van der Waals surface area contributed by atoms with Crippen molar-refractivity contribution < 1.29 is 4.79 Å². The van der Waals surface area contributed by atoms with Crippen LogP contribution in [0.2, 0.25) is 0 Å². The lowest BCUT2D eigenvalue weighted by atomic mass is 9.95. The fourth-order valence-electron chi connectivity index (χ4n) is 4.53. The first kappa shape index (κ1) is 22.4. The van der Waals surface area contributed by atoms with Gasteiger partial charge in [0.25, 0.3) is 0 Å². The van der Waals surface area contributed by atoms with Gasteiger partial charge >= 0.3 is 5.69 Å². The molecular formula is C24H29N7O2. The Balaban J connectivity index is 0.000000821. The minimum absolute atomic E-state index is 0.0235. The Bertz CT molecular complexity index is 1330. The number of hydrogen-bond acceptors (Lipinski definition) is 6. The quantitative estimate of drug-likeness (QED) is 0.483. The number of amides is 1. The first-order valence-electron chi connectivity index (χ1n) is 11.1. The van der Waals surface area contributed by atoms with Crippen LogP contribution in [-0.2, 0) is 11.8 Å². The Kier molecular flexibility index (Phi) is 6.39. The maximum atomic E-state index is 13.1. The van der Waals surface area contributed by atoms with E-state index in [1.807, 2.05) is 61.1 Å². The zero-order chi connectivity index (χ0) is 23.5. The highest BCUT2D eigenvalue weighted by atomic mass is 16.1. The van der Waals surface area contributed by atoms with Crippen molar-refractivity contribution in [3.8, 4) is 11.3 Å². The summed E-state index contributed by atoms with van der Waals surface area (Å²) in [4.78, 5) is 37.8. The van der Waals surface area contributed by atoms with Crippen LogP contribution in [-0.4, -0.2) is 44.6 Å². The Morgan fingerprint density at radius 1 is 1.06 bits per heavy atom. The summed E-state index contributed by atoms with van der Waals surface area (Å²) in [7, 11) is 5.77.